The number of carbonyl (C=O) groups excluding carboxylic acids is 1. The maximum atomic E-state index is 11.6. The minimum absolute atomic E-state index is 0.236. The first-order chi connectivity index (χ1) is 6.58. The van der Waals surface area contributed by atoms with Crippen LogP contribution in [0, 0.1) is 0 Å². The molecule has 1 heterocycles. The Hall–Kier alpha value is -1.13. The zero-order chi connectivity index (χ0) is 10.3. The summed E-state index contributed by atoms with van der Waals surface area (Å²) in [5.74, 6) is -0.236. The lowest BCUT2D eigenvalue weighted by atomic mass is 9.93. The minimum atomic E-state index is -1.09. The second-order valence-corrected chi connectivity index (χ2v) is 4.13. The molecule has 0 saturated heterocycles. The molecule has 1 aliphatic heterocycles. The number of carbonyl (C=O) groups is 1. The van der Waals surface area contributed by atoms with Gasteiger partial charge in [0.2, 0.25) is 0 Å². The van der Waals surface area contributed by atoms with Crippen molar-refractivity contribution in [2.24, 2.45) is 5.73 Å². The second kappa shape index (κ2) is 2.93. The molecule has 1 aliphatic rings. The van der Waals surface area contributed by atoms with Crippen LogP contribution in [0.5, 0.6) is 0 Å². The van der Waals surface area contributed by atoms with Crippen LogP contribution in [-0.2, 0) is 10.3 Å². The van der Waals surface area contributed by atoms with E-state index in [9.17, 15) is 4.79 Å². The Bertz CT molecular complexity index is 430. The third-order valence-electron chi connectivity index (χ3n) is 2.37. The lowest BCUT2D eigenvalue weighted by Crippen LogP contribution is -2.41. The van der Waals surface area contributed by atoms with Crippen LogP contribution in [0.2, 0.25) is 0 Å². The van der Waals surface area contributed by atoms with E-state index in [4.69, 9.17) is 5.73 Å². The molecule has 1 atom stereocenters. The third-order valence-corrected chi connectivity index (χ3v) is 2.87. The molecule has 3 nitrogen and oxygen atoms in total. The molecule has 1 aromatic rings. The summed E-state index contributed by atoms with van der Waals surface area (Å²) in [4.78, 5) is 11.6. The molecule has 0 fully saturated rings. The molecule has 0 saturated carbocycles. The van der Waals surface area contributed by atoms with Crippen LogP contribution in [0.4, 0.5) is 5.69 Å². The molecule has 14 heavy (non-hydrogen) atoms. The largest absolute Gasteiger partial charge is 0.323 e. The van der Waals surface area contributed by atoms with Crippen molar-refractivity contribution in [1.82, 2.24) is 0 Å². The van der Waals surface area contributed by atoms with Gasteiger partial charge < -0.3 is 11.1 Å². The highest BCUT2D eigenvalue weighted by atomic mass is 79.9. The number of rotatable bonds is 1. The van der Waals surface area contributed by atoms with E-state index in [2.05, 4.69) is 27.8 Å². The fourth-order valence-electron chi connectivity index (χ4n) is 1.53. The predicted octanol–water partition coefficient (Wildman–Crippen LogP) is 1.74. The molecule has 1 unspecified atom stereocenters. The molecule has 0 spiro atoms. The number of amides is 1. The van der Waals surface area contributed by atoms with Gasteiger partial charge in [-0.2, -0.15) is 0 Å². The Kier molecular flexibility index (Phi) is 1.97. The number of benzene rings is 1. The second-order valence-electron chi connectivity index (χ2n) is 3.22. The van der Waals surface area contributed by atoms with Crippen molar-refractivity contribution in [3.8, 4) is 0 Å². The van der Waals surface area contributed by atoms with Gasteiger partial charge in [-0.3, -0.25) is 4.79 Å². The van der Waals surface area contributed by atoms with Gasteiger partial charge in [-0.1, -0.05) is 28.1 Å². The van der Waals surface area contributed by atoms with Crippen LogP contribution in [0.25, 0.3) is 0 Å². The van der Waals surface area contributed by atoms with Gasteiger partial charge in [0.05, 0.1) is 0 Å². The van der Waals surface area contributed by atoms with E-state index >= 15 is 0 Å². The monoisotopic (exact) mass is 252 g/mol. The third kappa shape index (κ3) is 1.11. The molecule has 2 rings (SSSR count). The van der Waals surface area contributed by atoms with Gasteiger partial charge in [-0.15, -0.1) is 6.58 Å². The maximum absolute atomic E-state index is 11.6. The zero-order valence-electron chi connectivity index (χ0n) is 7.38. The number of halogens is 1. The first-order valence-electron chi connectivity index (χ1n) is 4.12. The summed E-state index contributed by atoms with van der Waals surface area (Å²) in [5.41, 5.74) is 6.34. The van der Waals surface area contributed by atoms with Gasteiger partial charge in [0, 0.05) is 15.7 Å². The lowest BCUT2D eigenvalue weighted by Gasteiger charge is -2.16. The topological polar surface area (TPSA) is 55.1 Å². The normalized spacial score (nSPS) is 24.3. The average Bonchev–Trinajstić information content (AvgIpc) is 2.39. The molecule has 0 radical (unpaired) electrons. The van der Waals surface area contributed by atoms with Crippen molar-refractivity contribution in [2.75, 3.05) is 5.32 Å². The molecule has 4 heteroatoms. The van der Waals surface area contributed by atoms with Crippen molar-refractivity contribution in [3.63, 3.8) is 0 Å². The standard InChI is InChI=1S/C10H9BrN2O/c1-2-10(12)7-4-3-6(11)5-8(7)13-9(10)14/h2-5H,1,12H2,(H,13,14). The van der Waals surface area contributed by atoms with E-state index in [-0.39, 0.29) is 5.91 Å². The number of fused-ring (bicyclic) bond motifs is 1. The van der Waals surface area contributed by atoms with Gasteiger partial charge in [0.15, 0.2) is 0 Å². The lowest BCUT2D eigenvalue weighted by molar-refractivity contribution is -0.119. The number of hydrogen-bond acceptors (Lipinski definition) is 2. The highest BCUT2D eigenvalue weighted by molar-refractivity contribution is 9.10. The highest BCUT2D eigenvalue weighted by Crippen LogP contribution is 2.36. The predicted molar refractivity (Wildman–Crippen MR) is 58.8 cm³/mol. The van der Waals surface area contributed by atoms with E-state index in [1.807, 2.05) is 18.2 Å². The van der Waals surface area contributed by atoms with Gasteiger partial charge in [-0.25, -0.2) is 0 Å². The number of anilines is 1. The molecule has 0 bridgehead atoms. The summed E-state index contributed by atoms with van der Waals surface area (Å²) in [6.45, 7) is 3.59. The fourth-order valence-corrected chi connectivity index (χ4v) is 1.89. The van der Waals surface area contributed by atoms with Crippen LogP contribution in [0.3, 0.4) is 0 Å². The molecule has 72 valence electrons. The number of nitrogens with two attached hydrogens (primary N) is 1. The van der Waals surface area contributed by atoms with Gasteiger partial charge >= 0.3 is 0 Å². The molecular weight excluding hydrogens is 244 g/mol. The van der Waals surface area contributed by atoms with Crippen LogP contribution >= 0.6 is 15.9 Å². The van der Waals surface area contributed by atoms with Crippen LogP contribution in [0.15, 0.2) is 35.3 Å². The molecule has 1 amide bonds. The Morgan fingerprint density at radius 2 is 2.29 bits per heavy atom. The van der Waals surface area contributed by atoms with Crippen molar-refractivity contribution < 1.29 is 4.79 Å². The summed E-state index contributed by atoms with van der Waals surface area (Å²) in [6.07, 6.45) is 1.46. The minimum Gasteiger partial charge on any atom is -0.323 e. The zero-order valence-corrected chi connectivity index (χ0v) is 8.97. The summed E-state index contributed by atoms with van der Waals surface area (Å²) in [7, 11) is 0. The molecule has 0 aromatic heterocycles. The van der Waals surface area contributed by atoms with Gasteiger partial charge in [0.1, 0.15) is 5.54 Å². The Morgan fingerprint density at radius 1 is 1.57 bits per heavy atom. The van der Waals surface area contributed by atoms with E-state index in [0.717, 1.165) is 15.7 Å². The SMILES string of the molecule is C=CC1(N)C(=O)Nc2cc(Br)ccc21. The van der Waals surface area contributed by atoms with Gasteiger partial charge in [-0.05, 0) is 12.1 Å². The first-order valence-corrected chi connectivity index (χ1v) is 4.91. The molecule has 1 aromatic carbocycles. The van der Waals surface area contributed by atoms with Crippen molar-refractivity contribution in [1.29, 1.82) is 0 Å². The summed E-state index contributed by atoms with van der Waals surface area (Å²) in [6, 6.07) is 5.49. The average molecular weight is 253 g/mol. The highest BCUT2D eigenvalue weighted by Gasteiger charge is 2.40. The van der Waals surface area contributed by atoms with E-state index in [0.29, 0.717) is 0 Å². The summed E-state index contributed by atoms with van der Waals surface area (Å²) in [5, 5.41) is 2.71. The Balaban J connectivity index is 2.64. The van der Waals surface area contributed by atoms with E-state index in [1.54, 1.807) is 0 Å². The van der Waals surface area contributed by atoms with E-state index < -0.39 is 5.54 Å². The van der Waals surface area contributed by atoms with Crippen LogP contribution in [-0.4, -0.2) is 5.91 Å². The molecule has 3 N–H and O–H groups in total. The van der Waals surface area contributed by atoms with Crippen LogP contribution < -0.4 is 11.1 Å². The molecular formula is C10H9BrN2O. The van der Waals surface area contributed by atoms with Gasteiger partial charge in [0.25, 0.3) is 5.91 Å². The van der Waals surface area contributed by atoms with Crippen molar-refractivity contribution >= 4 is 27.5 Å². The molecule has 0 aliphatic carbocycles. The van der Waals surface area contributed by atoms with E-state index in [1.165, 1.54) is 6.08 Å². The first kappa shape index (κ1) is 9.43. The summed E-state index contributed by atoms with van der Waals surface area (Å²) < 4.78 is 0.907. The fraction of sp³-hybridized carbons (Fsp3) is 0.100. The summed E-state index contributed by atoms with van der Waals surface area (Å²) >= 11 is 3.33. The maximum Gasteiger partial charge on any atom is 0.253 e. The Morgan fingerprint density at radius 3 is 2.93 bits per heavy atom. The van der Waals surface area contributed by atoms with Crippen molar-refractivity contribution in [3.05, 3.63) is 40.9 Å². The smallest absolute Gasteiger partial charge is 0.253 e. The number of hydrogen-bond donors (Lipinski definition) is 2. The Labute approximate surface area is 90.1 Å². The van der Waals surface area contributed by atoms with Crippen molar-refractivity contribution in [2.45, 2.75) is 5.54 Å². The quantitative estimate of drug-likeness (QED) is 0.749. The van der Waals surface area contributed by atoms with Crippen LogP contribution in [0.1, 0.15) is 5.56 Å². The number of nitrogens with one attached hydrogen (secondary N) is 1.